The van der Waals surface area contributed by atoms with Crippen molar-refractivity contribution < 1.29 is 14.3 Å². The number of ether oxygens (including phenoxy) is 1. The maximum atomic E-state index is 12.3. The van der Waals surface area contributed by atoms with Gasteiger partial charge in [-0.1, -0.05) is 30.3 Å². The standard InChI is InChI=1S/C19H18N4O3/c20-12-16-19(22-10-9-21-16)26-15-8-11-23(13-15)18(25)7-6-17(24)14-4-2-1-3-5-14/h1-5,9-10,15H,6-8,11,13H2. The van der Waals surface area contributed by atoms with Crippen molar-refractivity contribution in [1.29, 1.82) is 5.26 Å². The van der Waals surface area contributed by atoms with Gasteiger partial charge < -0.3 is 9.64 Å². The molecule has 7 heteroatoms. The molecule has 1 aromatic heterocycles. The minimum absolute atomic E-state index is 0.0378. The summed E-state index contributed by atoms with van der Waals surface area (Å²) in [5, 5.41) is 9.02. The first-order valence-electron chi connectivity index (χ1n) is 8.41. The number of amides is 1. The fraction of sp³-hybridized carbons (Fsp3) is 0.316. The summed E-state index contributed by atoms with van der Waals surface area (Å²) in [5.41, 5.74) is 0.750. The van der Waals surface area contributed by atoms with E-state index < -0.39 is 0 Å². The van der Waals surface area contributed by atoms with Crippen molar-refractivity contribution in [3.05, 3.63) is 54.0 Å². The minimum Gasteiger partial charge on any atom is -0.470 e. The summed E-state index contributed by atoms with van der Waals surface area (Å²) in [6, 6.07) is 10.9. The summed E-state index contributed by atoms with van der Waals surface area (Å²) in [4.78, 5) is 34.0. The first kappa shape index (κ1) is 17.5. The van der Waals surface area contributed by atoms with E-state index in [1.807, 2.05) is 12.1 Å². The molecule has 7 nitrogen and oxygen atoms in total. The molecule has 0 N–H and O–H groups in total. The van der Waals surface area contributed by atoms with Crippen molar-refractivity contribution in [2.75, 3.05) is 13.1 Å². The normalized spacial score (nSPS) is 16.1. The molecule has 26 heavy (non-hydrogen) atoms. The summed E-state index contributed by atoms with van der Waals surface area (Å²) in [6.45, 7) is 0.977. The summed E-state index contributed by atoms with van der Waals surface area (Å²) in [5.74, 6) is 0.0813. The zero-order chi connectivity index (χ0) is 18.4. The van der Waals surface area contributed by atoms with Gasteiger partial charge in [-0.2, -0.15) is 5.26 Å². The molecule has 0 spiro atoms. The topological polar surface area (TPSA) is 96.2 Å². The van der Waals surface area contributed by atoms with E-state index in [0.717, 1.165) is 0 Å². The smallest absolute Gasteiger partial charge is 0.251 e. The van der Waals surface area contributed by atoms with E-state index in [2.05, 4.69) is 9.97 Å². The zero-order valence-electron chi connectivity index (χ0n) is 14.2. The van der Waals surface area contributed by atoms with E-state index in [1.165, 1.54) is 12.4 Å². The summed E-state index contributed by atoms with van der Waals surface area (Å²) >= 11 is 0. The molecule has 1 fully saturated rings. The van der Waals surface area contributed by atoms with Crippen molar-refractivity contribution in [1.82, 2.24) is 14.9 Å². The monoisotopic (exact) mass is 350 g/mol. The highest BCUT2D eigenvalue weighted by atomic mass is 16.5. The van der Waals surface area contributed by atoms with Gasteiger partial charge in [-0.05, 0) is 0 Å². The first-order valence-corrected chi connectivity index (χ1v) is 8.41. The first-order chi connectivity index (χ1) is 12.7. The van der Waals surface area contributed by atoms with Crippen LogP contribution in [0.25, 0.3) is 0 Å². The lowest BCUT2D eigenvalue weighted by Gasteiger charge is -2.17. The van der Waals surface area contributed by atoms with Crippen molar-refractivity contribution in [3.8, 4) is 11.9 Å². The van der Waals surface area contributed by atoms with Crippen LogP contribution in [0.4, 0.5) is 0 Å². The Hall–Kier alpha value is -3.27. The molecule has 1 aliphatic heterocycles. The third-order valence-corrected chi connectivity index (χ3v) is 4.21. The molecular weight excluding hydrogens is 332 g/mol. The van der Waals surface area contributed by atoms with Crippen molar-refractivity contribution in [2.45, 2.75) is 25.4 Å². The molecule has 0 aliphatic carbocycles. The molecule has 0 saturated carbocycles. The molecule has 1 amide bonds. The van der Waals surface area contributed by atoms with Crippen LogP contribution < -0.4 is 4.74 Å². The van der Waals surface area contributed by atoms with Crippen LogP contribution in [0.5, 0.6) is 5.88 Å². The van der Waals surface area contributed by atoms with Gasteiger partial charge in [-0.15, -0.1) is 0 Å². The highest BCUT2D eigenvalue weighted by molar-refractivity contribution is 5.97. The fourth-order valence-corrected chi connectivity index (χ4v) is 2.84. The number of hydrogen-bond donors (Lipinski definition) is 0. The van der Waals surface area contributed by atoms with Gasteiger partial charge in [-0.3, -0.25) is 9.59 Å². The lowest BCUT2D eigenvalue weighted by molar-refractivity contribution is -0.130. The largest absolute Gasteiger partial charge is 0.470 e. The highest BCUT2D eigenvalue weighted by Crippen LogP contribution is 2.19. The minimum atomic E-state index is -0.229. The predicted molar refractivity (Wildman–Crippen MR) is 92.4 cm³/mol. The molecular formula is C19H18N4O3. The Bertz CT molecular complexity index is 832. The Labute approximate surface area is 151 Å². The number of nitrogens with zero attached hydrogens (tertiary/aromatic N) is 4. The zero-order valence-corrected chi connectivity index (χ0v) is 14.2. The van der Waals surface area contributed by atoms with Gasteiger partial charge in [0.05, 0.1) is 6.54 Å². The Morgan fingerprint density at radius 3 is 2.73 bits per heavy atom. The van der Waals surface area contributed by atoms with Crippen LogP contribution in [0.15, 0.2) is 42.7 Å². The molecule has 1 aromatic carbocycles. The van der Waals surface area contributed by atoms with Gasteiger partial charge in [0, 0.05) is 43.8 Å². The van der Waals surface area contributed by atoms with Crippen LogP contribution in [0.1, 0.15) is 35.3 Å². The quantitative estimate of drug-likeness (QED) is 0.739. The Morgan fingerprint density at radius 2 is 1.96 bits per heavy atom. The van der Waals surface area contributed by atoms with E-state index in [0.29, 0.717) is 25.1 Å². The number of aromatic nitrogens is 2. The molecule has 1 atom stereocenters. The predicted octanol–water partition coefficient (Wildman–Crippen LogP) is 1.99. The van der Waals surface area contributed by atoms with Crippen molar-refractivity contribution in [2.24, 2.45) is 0 Å². The van der Waals surface area contributed by atoms with Gasteiger partial charge in [0.25, 0.3) is 5.88 Å². The van der Waals surface area contributed by atoms with Gasteiger partial charge in [0.2, 0.25) is 11.6 Å². The van der Waals surface area contributed by atoms with Crippen LogP contribution in [0, 0.1) is 11.3 Å². The average Bonchev–Trinajstić information content (AvgIpc) is 3.15. The van der Waals surface area contributed by atoms with E-state index >= 15 is 0 Å². The van der Waals surface area contributed by atoms with Crippen molar-refractivity contribution >= 4 is 11.7 Å². The number of likely N-dealkylation sites (tertiary alicyclic amines) is 1. The number of hydrogen-bond acceptors (Lipinski definition) is 6. The van der Waals surface area contributed by atoms with Gasteiger partial charge in [-0.25, -0.2) is 9.97 Å². The maximum Gasteiger partial charge on any atom is 0.251 e. The molecule has 2 heterocycles. The highest BCUT2D eigenvalue weighted by Gasteiger charge is 2.28. The fourth-order valence-electron chi connectivity index (χ4n) is 2.84. The SMILES string of the molecule is N#Cc1nccnc1OC1CCN(C(=O)CCC(=O)c2ccccc2)C1. The molecule has 1 unspecified atom stereocenters. The molecule has 1 saturated heterocycles. The summed E-state index contributed by atoms with van der Waals surface area (Å²) in [7, 11) is 0. The second-order valence-electron chi connectivity index (χ2n) is 5.98. The Balaban J connectivity index is 1.50. The van der Waals surface area contributed by atoms with E-state index in [9.17, 15) is 9.59 Å². The van der Waals surface area contributed by atoms with Crippen LogP contribution in [0.2, 0.25) is 0 Å². The summed E-state index contributed by atoms with van der Waals surface area (Å²) < 4.78 is 5.72. The Morgan fingerprint density at radius 1 is 1.19 bits per heavy atom. The van der Waals surface area contributed by atoms with E-state index in [4.69, 9.17) is 10.00 Å². The van der Waals surface area contributed by atoms with Crippen LogP contribution in [0.3, 0.4) is 0 Å². The number of nitriles is 1. The third-order valence-electron chi connectivity index (χ3n) is 4.21. The Kier molecular flexibility index (Phi) is 5.54. The van der Waals surface area contributed by atoms with Crippen molar-refractivity contribution in [3.63, 3.8) is 0 Å². The summed E-state index contributed by atoms with van der Waals surface area (Å²) in [6.07, 6.45) is 3.68. The number of rotatable bonds is 6. The van der Waals surface area contributed by atoms with Crippen LogP contribution >= 0.6 is 0 Å². The van der Waals surface area contributed by atoms with E-state index in [1.54, 1.807) is 29.2 Å². The van der Waals surface area contributed by atoms with Gasteiger partial charge in [0.15, 0.2) is 5.78 Å². The van der Waals surface area contributed by atoms with E-state index in [-0.39, 0.29) is 42.2 Å². The molecule has 132 valence electrons. The second-order valence-corrected chi connectivity index (χ2v) is 5.98. The molecule has 1 aliphatic rings. The van der Waals surface area contributed by atoms with Gasteiger partial charge in [0.1, 0.15) is 12.2 Å². The lowest BCUT2D eigenvalue weighted by Crippen LogP contribution is -2.31. The van der Waals surface area contributed by atoms with Crippen LogP contribution in [-0.2, 0) is 4.79 Å². The number of carbonyl (C=O) groups excluding carboxylic acids is 2. The van der Waals surface area contributed by atoms with Crippen LogP contribution in [-0.4, -0.2) is 45.8 Å². The second kappa shape index (κ2) is 8.21. The molecule has 2 aromatic rings. The maximum absolute atomic E-state index is 12.3. The molecule has 0 radical (unpaired) electrons. The number of ketones is 1. The number of carbonyl (C=O) groups is 2. The third kappa shape index (κ3) is 4.22. The lowest BCUT2D eigenvalue weighted by atomic mass is 10.1. The van der Waals surface area contributed by atoms with Gasteiger partial charge >= 0.3 is 0 Å². The molecule has 3 rings (SSSR count). The number of benzene rings is 1. The molecule has 0 bridgehead atoms. The average molecular weight is 350 g/mol. The number of Topliss-reactive ketones (excluding diaryl/α,β-unsaturated/α-hetero) is 1.